The maximum absolute atomic E-state index is 5.57. The lowest BCUT2D eigenvalue weighted by Gasteiger charge is -1.97. The second-order valence-corrected chi connectivity index (χ2v) is 3.64. The molecule has 1 rings (SSSR count). The molecule has 4 heteroatoms. The van der Waals surface area contributed by atoms with Gasteiger partial charge in [-0.2, -0.15) is 0 Å². The normalized spacial score (nSPS) is 9.90. The number of H-pyrrole nitrogens is 1. The van der Waals surface area contributed by atoms with Crippen LogP contribution in [0.2, 0.25) is 0 Å². The number of aromatic amines is 1. The van der Waals surface area contributed by atoms with Crippen molar-refractivity contribution in [2.24, 2.45) is 0 Å². The Balaban J connectivity index is 3.34. The molecule has 0 fully saturated rings. The van der Waals surface area contributed by atoms with Crippen LogP contribution in [0.25, 0.3) is 0 Å². The van der Waals surface area contributed by atoms with Crippen molar-refractivity contribution in [3.63, 3.8) is 0 Å². The van der Waals surface area contributed by atoms with Gasteiger partial charge in [0.15, 0.2) is 0 Å². The van der Waals surface area contributed by atoms with Gasteiger partial charge in [-0.15, -0.1) is 0 Å². The van der Waals surface area contributed by atoms with Crippen molar-refractivity contribution in [3.8, 4) is 0 Å². The van der Waals surface area contributed by atoms with Crippen LogP contribution in [0.4, 0.5) is 5.82 Å². The van der Waals surface area contributed by atoms with Crippen molar-refractivity contribution < 1.29 is 4.98 Å². The molecule has 1 aromatic heterocycles. The molecule has 0 aliphatic carbocycles. The molecule has 1 aromatic rings. The number of hydrogen-bond acceptors (Lipinski definition) is 1. The minimum Gasteiger partial charge on any atom is -0.286 e. The second-order valence-electron chi connectivity index (χ2n) is 1.99. The summed E-state index contributed by atoms with van der Waals surface area (Å²) in [5, 5.41) is 0. The number of nitrogens with two attached hydrogens (primary N) is 1. The van der Waals surface area contributed by atoms with Gasteiger partial charge >= 0.3 is 0 Å². The summed E-state index contributed by atoms with van der Waals surface area (Å²) < 4.78 is 1.94. The summed E-state index contributed by atoms with van der Waals surface area (Å²) in [6, 6.07) is 0. The summed E-state index contributed by atoms with van der Waals surface area (Å²) in [6.07, 6.45) is 1.81. The molecule has 2 nitrogen and oxygen atoms in total. The van der Waals surface area contributed by atoms with E-state index in [1.54, 1.807) is 0 Å². The molecular weight excluding hydrogens is 260 g/mol. The summed E-state index contributed by atoms with van der Waals surface area (Å²) in [5.41, 5.74) is 6.67. The van der Waals surface area contributed by atoms with Gasteiger partial charge in [0.05, 0.1) is 4.47 Å². The average molecular weight is 267 g/mol. The fourth-order valence-corrected chi connectivity index (χ4v) is 1.53. The first-order chi connectivity index (χ1) is 4.63. The maximum atomic E-state index is 5.57. The largest absolute Gasteiger partial charge is 0.286 e. The summed E-state index contributed by atoms with van der Waals surface area (Å²) >= 11 is 6.71. The van der Waals surface area contributed by atoms with E-state index in [0.717, 1.165) is 14.5 Å². The lowest BCUT2D eigenvalue weighted by atomic mass is 10.3. The van der Waals surface area contributed by atoms with Crippen molar-refractivity contribution in [1.82, 2.24) is 0 Å². The van der Waals surface area contributed by atoms with Gasteiger partial charge in [0.1, 0.15) is 10.7 Å². The molecule has 1 heterocycles. The predicted octanol–water partition coefficient (Wildman–Crippen LogP) is 1.92. The molecule has 3 N–H and O–H groups in total. The number of aromatic nitrogens is 1. The average Bonchev–Trinajstić information content (AvgIpc) is 1.93. The fraction of sp³-hybridized carbons (Fsp3) is 0.167. The predicted molar refractivity (Wildman–Crippen MR) is 47.5 cm³/mol. The Morgan fingerprint density at radius 2 is 2.10 bits per heavy atom. The molecule has 0 saturated carbocycles. The van der Waals surface area contributed by atoms with Crippen LogP contribution in [0.5, 0.6) is 0 Å². The highest BCUT2D eigenvalue weighted by Gasteiger charge is 2.07. The first-order valence-corrected chi connectivity index (χ1v) is 4.33. The lowest BCUT2D eigenvalue weighted by Crippen LogP contribution is -2.11. The molecule has 10 heavy (non-hydrogen) atoms. The third-order valence-corrected chi connectivity index (χ3v) is 3.12. The molecular formula is C6H7Br2N2+. The zero-order valence-electron chi connectivity index (χ0n) is 5.41. The van der Waals surface area contributed by atoms with Gasteiger partial charge in [0.25, 0.3) is 5.82 Å². The van der Waals surface area contributed by atoms with Gasteiger partial charge < -0.3 is 0 Å². The van der Waals surface area contributed by atoms with Crippen molar-refractivity contribution in [3.05, 3.63) is 20.7 Å². The first kappa shape index (κ1) is 8.01. The number of hydrogen-bond donors (Lipinski definition) is 1. The van der Waals surface area contributed by atoms with Crippen LogP contribution in [0, 0.1) is 6.92 Å². The standard InChI is InChI=1S/C6H6Br2N2/c1-3-4(7)2-10-6(9)5(3)8/h2H,1H3,(H2,9,10)/p+1. The number of nitrogen functional groups attached to an aromatic ring is 1. The van der Waals surface area contributed by atoms with Gasteiger partial charge in [-0.25, -0.2) is 4.98 Å². The smallest absolute Gasteiger partial charge is 0.284 e. The third kappa shape index (κ3) is 1.32. The highest BCUT2D eigenvalue weighted by Crippen LogP contribution is 2.24. The fourth-order valence-electron chi connectivity index (χ4n) is 0.620. The zero-order chi connectivity index (χ0) is 7.72. The SMILES string of the molecule is Cc1c(Br)c[nH+]c(N)c1Br. The highest BCUT2D eigenvalue weighted by molar-refractivity contribution is 9.11. The number of pyridine rings is 1. The molecule has 0 aromatic carbocycles. The van der Waals surface area contributed by atoms with Crippen LogP contribution in [0.1, 0.15) is 5.56 Å². The quantitative estimate of drug-likeness (QED) is 0.766. The van der Waals surface area contributed by atoms with Crippen molar-refractivity contribution in [1.29, 1.82) is 0 Å². The van der Waals surface area contributed by atoms with Crippen LogP contribution in [0.3, 0.4) is 0 Å². The minimum atomic E-state index is 0.653. The van der Waals surface area contributed by atoms with Crippen molar-refractivity contribution in [2.45, 2.75) is 6.92 Å². The van der Waals surface area contributed by atoms with Gasteiger partial charge in [-0.1, -0.05) is 0 Å². The Hall–Kier alpha value is -0.0900. The second kappa shape index (κ2) is 2.88. The van der Waals surface area contributed by atoms with E-state index in [9.17, 15) is 0 Å². The lowest BCUT2D eigenvalue weighted by molar-refractivity contribution is -0.362. The minimum absolute atomic E-state index is 0.653. The van der Waals surface area contributed by atoms with E-state index in [1.165, 1.54) is 0 Å². The van der Waals surface area contributed by atoms with Gasteiger partial charge in [0.2, 0.25) is 0 Å². The topological polar surface area (TPSA) is 40.2 Å². The molecule has 0 bridgehead atoms. The molecule has 0 amide bonds. The maximum Gasteiger partial charge on any atom is 0.284 e. The van der Waals surface area contributed by atoms with Crippen LogP contribution >= 0.6 is 31.9 Å². The summed E-state index contributed by atoms with van der Waals surface area (Å²) in [4.78, 5) is 2.89. The van der Waals surface area contributed by atoms with Gasteiger partial charge in [0, 0.05) is 0 Å². The van der Waals surface area contributed by atoms with Crippen LogP contribution < -0.4 is 10.7 Å². The zero-order valence-corrected chi connectivity index (χ0v) is 8.58. The summed E-state index contributed by atoms with van der Waals surface area (Å²) in [7, 11) is 0. The van der Waals surface area contributed by atoms with Crippen LogP contribution in [0.15, 0.2) is 15.1 Å². The first-order valence-electron chi connectivity index (χ1n) is 2.74. The number of halogens is 2. The highest BCUT2D eigenvalue weighted by atomic mass is 79.9. The van der Waals surface area contributed by atoms with E-state index in [1.807, 2.05) is 13.1 Å². The Morgan fingerprint density at radius 1 is 1.50 bits per heavy atom. The molecule has 0 aliphatic rings. The van der Waals surface area contributed by atoms with Gasteiger partial charge in [-0.3, -0.25) is 5.73 Å². The summed E-state index contributed by atoms with van der Waals surface area (Å²) in [6.45, 7) is 1.98. The molecule has 0 spiro atoms. The number of nitrogens with one attached hydrogen (secondary N) is 1. The Morgan fingerprint density at radius 3 is 2.60 bits per heavy atom. The van der Waals surface area contributed by atoms with E-state index >= 15 is 0 Å². The Kier molecular flexibility index (Phi) is 2.31. The Labute approximate surface area is 76.1 Å². The van der Waals surface area contributed by atoms with Crippen LogP contribution in [-0.2, 0) is 0 Å². The third-order valence-electron chi connectivity index (χ3n) is 1.28. The number of rotatable bonds is 0. The molecule has 0 radical (unpaired) electrons. The summed E-state index contributed by atoms with van der Waals surface area (Å²) in [5.74, 6) is 0.653. The van der Waals surface area contributed by atoms with Crippen LogP contribution in [-0.4, -0.2) is 0 Å². The van der Waals surface area contributed by atoms with E-state index in [-0.39, 0.29) is 0 Å². The van der Waals surface area contributed by atoms with E-state index in [0.29, 0.717) is 5.82 Å². The van der Waals surface area contributed by atoms with Gasteiger partial charge in [-0.05, 0) is 44.3 Å². The van der Waals surface area contributed by atoms with Crippen molar-refractivity contribution >= 4 is 37.7 Å². The molecule has 0 unspecified atom stereocenters. The van der Waals surface area contributed by atoms with Crippen molar-refractivity contribution in [2.75, 3.05) is 5.73 Å². The monoisotopic (exact) mass is 265 g/mol. The number of anilines is 1. The molecule has 54 valence electrons. The molecule has 0 aliphatic heterocycles. The van der Waals surface area contributed by atoms with E-state index in [2.05, 4.69) is 36.8 Å². The Bertz CT molecular complexity index is 233. The molecule has 0 atom stereocenters. The molecule has 0 saturated heterocycles. The van der Waals surface area contributed by atoms with E-state index in [4.69, 9.17) is 5.73 Å². The van der Waals surface area contributed by atoms with E-state index < -0.39 is 0 Å².